The molecule has 0 spiro atoms. The number of carbonyl (C=O) groups is 1. The van der Waals surface area contributed by atoms with E-state index in [-0.39, 0.29) is 5.41 Å². The Kier molecular flexibility index (Phi) is 1.62. The first-order valence-corrected chi connectivity index (χ1v) is 5.10. The first-order chi connectivity index (χ1) is 5.63. The molecule has 1 nitrogen and oxygen atoms in total. The summed E-state index contributed by atoms with van der Waals surface area (Å²) in [5.74, 6) is 0.348. The Morgan fingerprint density at radius 1 is 1.58 bits per heavy atom. The van der Waals surface area contributed by atoms with Gasteiger partial charge in [0.15, 0.2) is 5.78 Å². The molecule has 1 heterocycles. The molecular formula is C10H12OS. The van der Waals surface area contributed by atoms with Gasteiger partial charge in [-0.05, 0) is 31.2 Å². The standard InChI is InChI=1S/C10H12OS/c1-7-8(3-6-12-7)9(11)10(2)4-5-10/h3,6H,4-5H2,1-2H3. The lowest BCUT2D eigenvalue weighted by atomic mass is 9.98. The topological polar surface area (TPSA) is 17.1 Å². The van der Waals surface area contributed by atoms with Gasteiger partial charge in [-0.3, -0.25) is 4.79 Å². The van der Waals surface area contributed by atoms with E-state index < -0.39 is 0 Å². The molecule has 0 saturated heterocycles. The highest BCUT2D eigenvalue weighted by Crippen LogP contribution is 2.48. The molecule has 12 heavy (non-hydrogen) atoms. The van der Waals surface area contributed by atoms with Gasteiger partial charge in [-0.1, -0.05) is 6.92 Å². The van der Waals surface area contributed by atoms with Crippen molar-refractivity contribution in [3.8, 4) is 0 Å². The van der Waals surface area contributed by atoms with Crippen molar-refractivity contribution in [3.63, 3.8) is 0 Å². The van der Waals surface area contributed by atoms with Crippen molar-refractivity contribution >= 4 is 17.1 Å². The van der Waals surface area contributed by atoms with Gasteiger partial charge in [-0.2, -0.15) is 0 Å². The van der Waals surface area contributed by atoms with Gasteiger partial charge in [0.25, 0.3) is 0 Å². The Balaban J connectivity index is 2.31. The quantitative estimate of drug-likeness (QED) is 0.639. The zero-order chi connectivity index (χ0) is 8.77. The fourth-order valence-electron chi connectivity index (χ4n) is 1.36. The summed E-state index contributed by atoms with van der Waals surface area (Å²) in [7, 11) is 0. The van der Waals surface area contributed by atoms with Crippen LogP contribution in [-0.2, 0) is 0 Å². The minimum absolute atomic E-state index is 0.00810. The molecule has 1 aliphatic rings. The third-order valence-electron chi connectivity index (χ3n) is 2.65. The molecule has 1 saturated carbocycles. The molecule has 0 N–H and O–H groups in total. The highest BCUT2D eigenvalue weighted by atomic mass is 32.1. The molecule has 0 aliphatic heterocycles. The predicted molar refractivity (Wildman–Crippen MR) is 50.7 cm³/mol. The van der Waals surface area contributed by atoms with E-state index >= 15 is 0 Å². The molecule has 0 unspecified atom stereocenters. The van der Waals surface area contributed by atoms with Crippen molar-refractivity contribution in [3.05, 3.63) is 21.9 Å². The van der Waals surface area contributed by atoms with Gasteiger partial charge in [0, 0.05) is 15.9 Å². The van der Waals surface area contributed by atoms with E-state index in [9.17, 15) is 4.79 Å². The fraction of sp³-hybridized carbons (Fsp3) is 0.500. The largest absolute Gasteiger partial charge is 0.294 e. The van der Waals surface area contributed by atoms with Crippen LogP contribution in [0.1, 0.15) is 35.0 Å². The van der Waals surface area contributed by atoms with E-state index in [2.05, 4.69) is 6.92 Å². The first kappa shape index (κ1) is 7.99. The maximum absolute atomic E-state index is 11.8. The van der Waals surface area contributed by atoms with Crippen molar-refractivity contribution in [1.82, 2.24) is 0 Å². The van der Waals surface area contributed by atoms with Crippen LogP contribution in [0.15, 0.2) is 11.4 Å². The van der Waals surface area contributed by atoms with E-state index in [4.69, 9.17) is 0 Å². The number of thiophene rings is 1. The molecule has 64 valence electrons. The minimum Gasteiger partial charge on any atom is -0.294 e. The van der Waals surface area contributed by atoms with Crippen molar-refractivity contribution in [1.29, 1.82) is 0 Å². The van der Waals surface area contributed by atoms with E-state index in [1.165, 1.54) is 0 Å². The molecule has 1 aromatic heterocycles. The van der Waals surface area contributed by atoms with E-state index in [0.29, 0.717) is 5.78 Å². The van der Waals surface area contributed by atoms with Gasteiger partial charge in [-0.25, -0.2) is 0 Å². The van der Waals surface area contributed by atoms with Gasteiger partial charge < -0.3 is 0 Å². The predicted octanol–water partition coefficient (Wildman–Crippen LogP) is 3.04. The van der Waals surface area contributed by atoms with E-state index in [1.54, 1.807) is 11.3 Å². The minimum atomic E-state index is -0.00810. The molecule has 1 fully saturated rings. The number of ketones is 1. The molecule has 1 aromatic rings. The van der Waals surface area contributed by atoms with Crippen LogP contribution in [0.4, 0.5) is 0 Å². The highest BCUT2D eigenvalue weighted by Gasteiger charge is 2.45. The number of carbonyl (C=O) groups excluding carboxylic acids is 1. The second-order valence-corrected chi connectivity index (χ2v) is 4.90. The van der Waals surface area contributed by atoms with E-state index in [1.807, 2.05) is 18.4 Å². The van der Waals surface area contributed by atoms with Crippen molar-refractivity contribution < 1.29 is 4.79 Å². The van der Waals surface area contributed by atoms with Gasteiger partial charge in [-0.15, -0.1) is 11.3 Å². The Labute approximate surface area is 76.4 Å². The van der Waals surface area contributed by atoms with Crippen molar-refractivity contribution in [2.75, 3.05) is 0 Å². The molecule has 0 amide bonds. The first-order valence-electron chi connectivity index (χ1n) is 4.22. The summed E-state index contributed by atoms with van der Waals surface area (Å²) in [4.78, 5) is 13.0. The van der Waals surface area contributed by atoms with Gasteiger partial charge >= 0.3 is 0 Å². The molecule has 0 radical (unpaired) electrons. The second kappa shape index (κ2) is 2.43. The number of hydrogen-bond acceptors (Lipinski definition) is 2. The monoisotopic (exact) mass is 180 g/mol. The SMILES string of the molecule is Cc1sccc1C(=O)C1(C)CC1. The van der Waals surface area contributed by atoms with Crippen molar-refractivity contribution in [2.45, 2.75) is 26.7 Å². The summed E-state index contributed by atoms with van der Waals surface area (Å²) in [6.45, 7) is 4.08. The van der Waals surface area contributed by atoms with Crippen LogP contribution in [0.25, 0.3) is 0 Å². The summed E-state index contributed by atoms with van der Waals surface area (Å²) in [6.07, 6.45) is 2.14. The highest BCUT2D eigenvalue weighted by molar-refractivity contribution is 7.10. The summed E-state index contributed by atoms with van der Waals surface area (Å²) in [5, 5.41) is 1.99. The molecule has 0 bridgehead atoms. The average molecular weight is 180 g/mol. The third-order valence-corrected chi connectivity index (χ3v) is 3.50. The van der Waals surface area contributed by atoms with Gasteiger partial charge in [0.1, 0.15) is 0 Å². The van der Waals surface area contributed by atoms with Gasteiger partial charge in [0.2, 0.25) is 0 Å². The molecule has 2 rings (SSSR count). The van der Waals surface area contributed by atoms with Crippen LogP contribution in [0.3, 0.4) is 0 Å². The Bertz CT molecular complexity index is 320. The van der Waals surface area contributed by atoms with Crippen LogP contribution in [-0.4, -0.2) is 5.78 Å². The number of Topliss-reactive ketones (excluding diaryl/α,β-unsaturated/α-hetero) is 1. The molecule has 0 aromatic carbocycles. The van der Waals surface area contributed by atoms with Crippen LogP contribution in [0, 0.1) is 12.3 Å². The Hall–Kier alpha value is -0.630. The van der Waals surface area contributed by atoms with Crippen LogP contribution in [0.5, 0.6) is 0 Å². The molecule has 2 heteroatoms. The van der Waals surface area contributed by atoms with Crippen molar-refractivity contribution in [2.24, 2.45) is 5.41 Å². The summed E-state index contributed by atoms with van der Waals surface area (Å²) in [6, 6.07) is 1.95. The van der Waals surface area contributed by atoms with E-state index in [0.717, 1.165) is 23.3 Å². The maximum atomic E-state index is 11.8. The average Bonchev–Trinajstić information content (AvgIpc) is 2.63. The zero-order valence-corrected chi connectivity index (χ0v) is 8.20. The lowest BCUT2D eigenvalue weighted by Gasteiger charge is -2.05. The molecule has 1 aliphatic carbocycles. The number of hydrogen-bond donors (Lipinski definition) is 0. The Morgan fingerprint density at radius 3 is 2.67 bits per heavy atom. The third kappa shape index (κ3) is 1.11. The lowest BCUT2D eigenvalue weighted by Crippen LogP contribution is -2.11. The van der Waals surface area contributed by atoms with Gasteiger partial charge in [0.05, 0.1) is 0 Å². The molecule has 0 atom stereocenters. The summed E-state index contributed by atoms with van der Waals surface area (Å²) < 4.78 is 0. The smallest absolute Gasteiger partial charge is 0.169 e. The summed E-state index contributed by atoms with van der Waals surface area (Å²) in [5.41, 5.74) is 0.936. The Morgan fingerprint density at radius 2 is 2.25 bits per heavy atom. The number of rotatable bonds is 2. The number of aryl methyl sites for hydroxylation is 1. The normalized spacial score (nSPS) is 19.2. The molecular weight excluding hydrogens is 168 g/mol. The lowest BCUT2D eigenvalue weighted by molar-refractivity contribution is 0.0912. The zero-order valence-electron chi connectivity index (χ0n) is 7.39. The fourth-order valence-corrected chi connectivity index (χ4v) is 2.06. The van der Waals surface area contributed by atoms with Crippen LogP contribution >= 0.6 is 11.3 Å². The maximum Gasteiger partial charge on any atom is 0.169 e. The second-order valence-electron chi connectivity index (χ2n) is 3.78. The van der Waals surface area contributed by atoms with Crippen LogP contribution in [0.2, 0.25) is 0 Å². The summed E-state index contributed by atoms with van der Waals surface area (Å²) >= 11 is 1.66. The van der Waals surface area contributed by atoms with Crippen LogP contribution < -0.4 is 0 Å².